The van der Waals surface area contributed by atoms with E-state index in [4.69, 9.17) is 4.18 Å². The van der Waals surface area contributed by atoms with Gasteiger partial charge in [0, 0.05) is 36.8 Å². The number of phenols is 2. The molecule has 1 aliphatic rings. The minimum atomic E-state index is -5.18. The quantitative estimate of drug-likeness (QED) is 0.125. The molecule has 0 saturated carbocycles. The maximum atomic E-state index is 14.3. The van der Waals surface area contributed by atoms with Gasteiger partial charge in [-0.05, 0) is 93.0 Å². The van der Waals surface area contributed by atoms with Crippen molar-refractivity contribution in [1.82, 2.24) is 0 Å². The molecule has 0 fully saturated rings. The average molecular weight is 874 g/mol. The lowest BCUT2D eigenvalue weighted by molar-refractivity contribution is -0.270. The van der Waals surface area contributed by atoms with Crippen molar-refractivity contribution in [2.75, 3.05) is 0 Å². The maximum Gasteiger partial charge on any atom is 0.339 e. The molecule has 61 heavy (non-hydrogen) atoms. The summed E-state index contributed by atoms with van der Waals surface area (Å²) in [7, 11) is -15.0. The summed E-state index contributed by atoms with van der Waals surface area (Å²) in [6.07, 6.45) is -1.69. The van der Waals surface area contributed by atoms with Crippen LogP contribution in [0, 0.1) is 0 Å². The predicted molar refractivity (Wildman–Crippen MR) is 221 cm³/mol. The molecule has 0 aliphatic heterocycles. The molecule has 12 nitrogen and oxygen atoms in total. The summed E-state index contributed by atoms with van der Waals surface area (Å²) in [5.74, 6) is -1.86. The van der Waals surface area contributed by atoms with E-state index in [1.54, 1.807) is 91.0 Å². The fourth-order valence-electron chi connectivity index (χ4n) is 7.59. The molecule has 310 valence electrons. The molecule has 7 aromatic carbocycles. The molecule has 2 N–H and O–H groups in total. The standard InChI is InChI=1S/C46H36O12S3/c47-43-32-16-30(28-10-4-1-5-11-28)17-33(43)21-35-25-42(60(53,54)55)27-37(45(35)49)23-39-19-31(29-12-6-2-7-13-29)18-38(46(39)58-61(56,57)40-14-8-3-9-15-40)22-36-26-41(59(50,51)52)24-34(20-32)44(36)48/h1-19,24-27,47-49H,20-23H2,(H,50,51,52)(H,53,54,55)/p-3. The van der Waals surface area contributed by atoms with Gasteiger partial charge in [0.25, 0.3) is 0 Å². The number of phenolic OH excluding ortho intramolecular Hbond substituents is 2. The Bertz CT molecular complexity index is 3050. The normalized spacial score (nSPS) is 13.1. The van der Waals surface area contributed by atoms with Crippen LogP contribution in [0.4, 0.5) is 0 Å². The van der Waals surface area contributed by atoms with Crippen molar-refractivity contribution in [3.63, 3.8) is 0 Å². The Labute approximate surface area is 352 Å². The number of fused-ring (bicyclic) bond motifs is 8. The number of aromatic hydroxyl groups is 2. The van der Waals surface area contributed by atoms with Gasteiger partial charge in [-0.3, -0.25) is 0 Å². The number of benzene rings is 7. The monoisotopic (exact) mass is 873 g/mol. The Morgan fingerprint density at radius 1 is 0.410 bits per heavy atom. The van der Waals surface area contributed by atoms with E-state index >= 15 is 0 Å². The van der Waals surface area contributed by atoms with E-state index in [2.05, 4.69) is 0 Å². The molecule has 1 aliphatic carbocycles. The average Bonchev–Trinajstić information content (AvgIpc) is 3.22. The molecule has 0 heterocycles. The largest absolute Gasteiger partial charge is 0.872 e. The smallest absolute Gasteiger partial charge is 0.339 e. The first kappa shape index (κ1) is 41.3. The Balaban J connectivity index is 1.47. The molecule has 15 heteroatoms. The molecule has 0 spiro atoms. The first-order valence-corrected chi connectivity index (χ1v) is 22.9. The van der Waals surface area contributed by atoms with Crippen LogP contribution in [-0.4, -0.2) is 44.6 Å². The highest BCUT2D eigenvalue weighted by Crippen LogP contribution is 2.42. The van der Waals surface area contributed by atoms with Crippen LogP contribution in [0.1, 0.15) is 44.5 Å². The summed E-state index contributed by atoms with van der Waals surface area (Å²) in [6, 6.07) is 34.9. The molecule has 7 aromatic rings. The van der Waals surface area contributed by atoms with Crippen molar-refractivity contribution in [3.05, 3.63) is 184 Å². The SMILES string of the molecule is O=S(=O)([O-])c1cc2c(O)c(c1)Cc1cc(-c3ccccc3)cc(c1OS(=O)(=O)c1ccccc1)Cc1cc(S(=O)(=O)[O-])cc(c1O)Cc1cc(-c3ccccc3)cc(c1[O-])C2. The summed E-state index contributed by atoms with van der Waals surface area (Å²) < 4.78 is 110. The molecule has 0 amide bonds. The molecule has 0 atom stereocenters. The van der Waals surface area contributed by atoms with Gasteiger partial charge in [-0.25, -0.2) is 16.8 Å². The van der Waals surface area contributed by atoms with Gasteiger partial charge in [0.2, 0.25) is 0 Å². The van der Waals surface area contributed by atoms with E-state index in [-0.39, 0.29) is 55.2 Å². The second-order valence-corrected chi connectivity index (χ2v) is 18.9. The zero-order valence-electron chi connectivity index (χ0n) is 31.8. The van der Waals surface area contributed by atoms with E-state index in [0.29, 0.717) is 22.3 Å². The van der Waals surface area contributed by atoms with Gasteiger partial charge in [-0.15, -0.1) is 5.75 Å². The van der Waals surface area contributed by atoms with E-state index in [0.717, 1.165) is 24.3 Å². The van der Waals surface area contributed by atoms with Gasteiger partial charge in [0.1, 0.15) is 42.4 Å². The van der Waals surface area contributed by atoms with Gasteiger partial charge in [-0.2, -0.15) is 8.42 Å². The van der Waals surface area contributed by atoms with Crippen molar-refractivity contribution < 1.29 is 53.9 Å². The summed E-state index contributed by atoms with van der Waals surface area (Å²) in [4.78, 5) is -1.67. The summed E-state index contributed by atoms with van der Waals surface area (Å²) >= 11 is 0. The lowest BCUT2D eigenvalue weighted by Crippen LogP contribution is -2.14. The van der Waals surface area contributed by atoms with Crippen molar-refractivity contribution in [2.24, 2.45) is 0 Å². The van der Waals surface area contributed by atoms with Crippen LogP contribution in [-0.2, 0) is 56.0 Å². The Kier molecular flexibility index (Phi) is 10.7. The number of rotatable bonds is 7. The fraction of sp³-hybridized carbons (Fsp3) is 0.0870. The van der Waals surface area contributed by atoms with Crippen LogP contribution >= 0.6 is 0 Å². The first-order valence-electron chi connectivity index (χ1n) is 18.6. The third-order valence-corrected chi connectivity index (χ3v) is 13.4. The Morgan fingerprint density at radius 3 is 1.10 bits per heavy atom. The second-order valence-electron chi connectivity index (χ2n) is 14.6. The van der Waals surface area contributed by atoms with Gasteiger partial charge in [0.15, 0.2) is 0 Å². The summed E-state index contributed by atoms with van der Waals surface area (Å²) in [5.41, 5.74) is 1.98. The van der Waals surface area contributed by atoms with E-state index in [9.17, 15) is 49.7 Å². The van der Waals surface area contributed by atoms with Crippen molar-refractivity contribution in [1.29, 1.82) is 0 Å². The molecule has 8 bridgehead atoms. The molecule has 0 unspecified atom stereocenters. The summed E-state index contributed by atoms with van der Waals surface area (Å²) in [6.45, 7) is 0. The number of hydrogen-bond donors (Lipinski definition) is 2. The minimum absolute atomic E-state index is 0.0452. The van der Waals surface area contributed by atoms with Crippen LogP contribution in [0.3, 0.4) is 0 Å². The molecular formula is C46H33O12S3-3. The van der Waals surface area contributed by atoms with E-state index in [1.807, 2.05) is 0 Å². The van der Waals surface area contributed by atoms with Crippen LogP contribution in [0.25, 0.3) is 22.3 Å². The van der Waals surface area contributed by atoms with Crippen LogP contribution in [0.15, 0.2) is 154 Å². The van der Waals surface area contributed by atoms with E-state index < -0.39 is 83.1 Å². The number of hydrogen-bond acceptors (Lipinski definition) is 12. The van der Waals surface area contributed by atoms with Gasteiger partial charge >= 0.3 is 10.1 Å². The lowest BCUT2D eigenvalue weighted by atomic mass is 9.88. The molecule has 0 aromatic heterocycles. The zero-order valence-corrected chi connectivity index (χ0v) is 34.3. The van der Waals surface area contributed by atoms with Crippen molar-refractivity contribution >= 4 is 30.4 Å². The third kappa shape index (κ3) is 8.60. The van der Waals surface area contributed by atoms with Crippen LogP contribution < -0.4 is 9.29 Å². The Morgan fingerprint density at radius 2 is 0.738 bits per heavy atom. The third-order valence-electron chi connectivity index (χ3n) is 10.5. The maximum absolute atomic E-state index is 14.3. The van der Waals surface area contributed by atoms with Gasteiger partial charge < -0.3 is 28.6 Å². The first-order chi connectivity index (χ1) is 28.9. The zero-order chi connectivity index (χ0) is 43.3. The molecular weight excluding hydrogens is 841 g/mol. The molecule has 0 radical (unpaired) electrons. The van der Waals surface area contributed by atoms with Gasteiger partial charge in [-0.1, -0.05) is 102 Å². The topological polar surface area (TPSA) is 221 Å². The van der Waals surface area contributed by atoms with Crippen LogP contribution in [0.2, 0.25) is 0 Å². The lowest BCUT2D eigenvalue weighted by Gasteiger charge is -2.25. The highest BCUT2D eigenvalue weighted by atomic mass is 32.2. The van der Waals surface area contributed by atoms with Gasteiger partial charge in [0.05, 0.1) is 9.79 Å². The highest BCUT2D eigenvalue weighted by Gasteiger charge is 2.26. The molecule has 8 rings (SSSR count). The summed E-state index contributed by atoms with van der Waals surface area (Å²) in [5, 5.41) is 38.2. The second kappa shape index (κ2) is 15.8. The Hall–Kier alpha value is -6.49. The minimum Gasteiger partial charge on any atom is -0.872 e. The molecule has 0 saturated heterocycles. The van der Waals surface area contributed by atoms with Crippen LogP contribution in [0.5, 0.6) is 23.0 Å². The highest BCUT2D eigenvalue weighted by molar-refractivity contribution is 7.87. The van der Waals surface area contributed by atoms with Crippen molar-refractivity contribution in [2.45, 2.75) is 40.4 Å². The van der Waals surface area contributed by atoms with E-state index in [1.165, 1.54) is 24.3 Å². The predicted octanol–water partition coefficient (Wildman–Crippen LogP) is 6.76. The fourth-order valence-corrected chi connectivity index (χ4v) is 9.75. The van der Waals surface area contributed by atoms with Crippen molar-refractivity contribution in [3.8, 4) is 45.3 Å².